The van der Waals surface area contributed by atoms with E-state index in [4.69, 9.17) is 11.6 Å². The molecule has 1 heterocycles. The zero-order chi connectivity index (χ0) is 12.3. The first kappa shape index (κ1) is 12.4. The highest BCUT2D eigenvalue weighted by Gasteiger charge is 2.20. The van der Waals surface area contributed by atoms with Crippen molar-refractivity contribution in [2.45, 2.75) is 38.6 Å². The van der Waals surface area contributed by atoms with Gasteiger partial charge in [-0.25, -0.2) is 4.98 Å². The quantitative estimate of drug-likeness (QED) is 0.822. The number of carbonyl (C=O) groups excluding carboxylic acids is 1. The second kappa shape index (κ2) is 5.50. The SMILES string of the molecule is CC1CCC(NC(=O)c2ccc(Cl)nc2)CC1. The Morgan fingerprint density at radius 1 is 1.35 bits per heavy atom. The van der Waals surface area contributed by atoms with Gasteiger partial charge in [0.05, 0.1) is 5.56 Å². The molecule has 0 atom stereocenters. The maximum absolute atomic E-state index is 11.9. The average molecular weight is 253 g/mol. The van der Waals surface area contributed by atoms with E-state index in [9.17, 15) is 4.79 Å². The number of halogens is 1. The van der Waals surface area contributed by atoms with Crippen LogP contribution in [0, 0.1) is 5.92 Å². The van der Waals surface area contributed by atoms with Gasteiger partial charge in [0.2, 0.25) is 0 Å². The molecule has 17 heavy (non-hydrogen) atoms. The molecule has 0 bridgehead atoms. The Balaban J connectivity index is 1.91. The third-order valence-corrected chi connectivity index (χ3v) is 3.56. The second-order valence-corrected chi connectivity index (χ2v) is 5.19. The highest BCUT2D eigenvalue weighted by Crippen LogP contribution is 2.23. The number of pyridine rings is 1. The number of rotatable bonds is 2. The number of hydrogen-bond acceptors (Lipinski definition) is 2. The minimum atomic E-state index is -0.0475. The van der Waals surface area contributed by atoms with Gasteiger partial charge in [0, 0.05) is 12.2 Å². The van der Waals surface area contributed by atoms with E-state index < -0.39 is 0 Å². The lowest BCUT2D eigenvalue weighted by Gasteiger charge is -2.26. The van der Waals surface area contributed by atoms with E-state index in [1.807, 2.05) is 0 Å². The smallest absolute Gasteiger partial charge is 0.253 e. The molecule has 92 valence electrons. The van der Waals surface area contributed by atoms with E-state index in [0.29, 0.717) is 16.8 Å². The van der Waals surface area contributed by atoms with Gasteiger partial charge in [-0.1, -0.05) is 18.5 Å². The Bertz CT molecular complexity index is 383. The van der Waals surface area contributed by atoms with Crippen molar-refractivity contribution in [3.63, 3.8) is 0 Å². The minimum Gasteiger partial charge on any atom is -0.349 e. The van der Waals surface area contributed by atoms with Crippen LogP contribution in [-0.4, -0.2) is 16.9 Å². The summed E-state index contributed by atoms with van der Waals surface area (Å²) >= 11 is 5.68. The Kier molecular flexibility index (Phi) is 4.00. The fourth-order valence-electron chi connectivity index (χ4n) is 2.18. The zero-order valence-electron chi connectivity index (χ0n) is 9.95. The average Bonchev–Trinajstić information content (AvgIpc) is 2.33. The maximum atomic E-state index is 11.9. The third-order valence-electron chi connectivity index (χ3n) is 3.34. The van der Waals surface area contributed by atoms with Crippen LogP contribution in [0.2, 0.25) is 5.15 Å². The van der Waals surface area contributed by atoms with Crippen molar-refractivity contribution in [2.75, 3.05) is 0 Å². The summed E-state index contributed by atoms with van der Waals surface area (Å²) in [4.78, 5) is 15.8. The summed E-state index contributed by atoms with van der Waals surface area (Å²) in [5.74, 6) is 0.745. The number of hydrogen-bond donors (Lipinski definition) is 1. The van der Waals surface area contributed by atoms with Gasteiger partial charge in [0.15, 0.2) is 0 Å². The molecule has 1 amide bonds. The van der Waals surface area contributed by atoms with Crippen LogP contribution >= 0.6 is 11.6 Å². The van der Waals surface area contributed by atoms with Crippen LogP contribution in [0.15, 0.2) is 18.3 Å². The van der Waals surface area contributed by atoms with Crippen molar-refractivity contribution in [1.29, 1.82) is 0 Å². The highest BCUT2D eigenvalue weighted by atomic mass is 35.5. The van der Waals surface area contributed by atoms with Crippen molar-refractivity contribution >= 4 is 17.5 Å². The van der Waals surface area contributed by atoms with E-state index in [2.05, 4.69) is 17.2 Å². The van der Waals surface area contributed by atoms with Crippen molar-refractivity contribution in [3.05, 3.63) is 29.0 Å². The highest BCUT2D eigenvalue weighted by molar-refractivity contribution is 6.29. The molecule has 1 N–H and O–H groups in total. The van der Waals surface area contributed by atoms with E-state index >= 15 is 0 Å². The lowest BCUT2D eigenvalue weighted by molar-refractivity contribution is 0.0922. The molecular weight excluding hydrogens is 236 g/mol. The van der Waals surface area contributed by atoms with Gasteiger partial charge in [-0.2, -0.15) is 0 Å². The van der Waals surface area contributed by atoms with Gasteiger partial charge in [0.1, 0.15) is 5.15 Å². The number of amides is 1. The van der Waals surface area contributed by atoms with Gasteiger partial charge < -0.3 is 5.32 Å². The van der Waals surface area contributed by atoms with Gasteiger partial charge in [-0.3, -0.25) is 4.79 Å². The number of nitrogens with zero attached hydrogens (tertiary/aromatic N) is 1. The van der Waals surface area contributed by atoms with Gasteiger partial charge >= 0.3 is 0 Å². The molecule has 4 heteroatoms. The standard InChI is InChI=1S/C13H17ClN2O/c1-9-2-5-11(6-3-9)16-13(17)10-4-7-12(14)15-8-10/h4,7-9,11H,2-3,5-6H2,1H3,(H,16,17). The van der Waals surface area contributed by atoms with E-state index in [1.165, 1.54) is 19.0 Å². The van der Waals surface area contributed by atoms with Gasteiger partial charge in [-0.05, 0) is 43.7 Å². The monoisotopic (exact) mass is 252 g/mol. The summed E-state index contributed by atoms with van der Waals surface area (Å²) in [5, 5.41) is 3.46. The largest absolute Gasteiger partial charge is 0.349 e. The van der Waals surface area contributed by atoms with Crippen LogP contribution in [0.5, 0.6) is 0 Å². The molecule has 0 unspecified atom stereocenters. The summed E-state index contributed by atoms with van der Waals surface area (Å²) in [6.07, 6.45) is 6.07. The number of aromatic nitrogens is 1. The summed E-state index contributed by atoms with van der Waals surface area (Å²) in [5.41, 5.74) is 0.577. The number of carbonyl (C=O) groups is 1. The fourth-order valence-corrected chi connectivity index (χ4v) is 2.30. The molecule has 1 fully saturated rings. The van der Waals surface area contributed by atoms with Gasteiger partial charge in [0.25, 0.3) is 5.91 Å². The molecule has 0 saturated heterocycles. The maximum Gasteiger partial charge on any atom is 0.253 e. The molecule has 3 nitrogen and oxygen atoms in total. The molecule has 1 aromatic rings. The molecule has 1 aliphatic carbocycles. The molecule has 1 saturated carbocycles. The van der Waals surface area contributed by atoms with Crippen LogP contribution in [0.4, 0.5) is 0 Å². The Labute approximate surface area is 107 Å². The Morgan fingerprint density at radius 3 is 2.65 bits per heavy atom. The first-order valence-corrected chi connectivity index (χ1v) is 6.45. The van der Waals surface area contributed by atoms with Gasteiger partial charge in [-0.15, -0.1) is 0 Å². The summed E-state index contributed by atoms with van der Waals surface area (Å²) in [7, 11) is 0. The van der Waals surface area contributed by atoms with Crippen LogP contribution in [0.1, 0.15) is 43.0 Å². The van der Waals surface area contributed by atoms with E-state index in [1.54, 1.807) is 12.1 Å². The molecule has 1 aromatic heterocycles. The van der Waals surface area contributed by atoms with Crippen LogP contribution in [0.25, 0.3) is 0 Å². The van der Waals surface area contributed by atoms with Crippen molar-refractivity contribution in [3.8, 4) is 0 Å². The van der Waals surface area contributed by atoms with Crippen molar-refractivity contribution < 1.29 is 4.79 Å². The molecular formula is C13H17ClN2O. The lowest BCUT2D eigenvalue weighted by atomic mass is 9.87. The molecule has 2 rings (SSSR count). The fraction of sp³-hybridized carbons (Fsp3) is 0.538. The first-order chi connectivity index (χ1) is 8.15. The Morgan fingerprint density at radius 2 is 2.06 bits per heavy atom. The first-order valence-electron chi connectivity index (χ1n) is 6.07. The second-order valence-electron chi connectivity index (χ2n) is 4.80. The Hall–Kier alpha value is -1.09. The van der Waals surface area contributed by atoms with Crippen LogP contribution < -0.4 is 5.32 Å². The van der Waals surface area contributed by atoms with Crippen molar-refractivity contribution in [1.82, 2.24) is 10.3 Å². The van der Waals surface area contributed by atoms with Crippen LogP contribution in [0.3, 0.4) is 0 Å². The third kappa shape index (κ3) is 3.43. The molecule has 0 aliphatic heterocycles. The van der Waals surface area contributed by atoms with Crippen LogP contribution in [-0.2, 0) is 0 Å². The zero-order valence-corrected chi connectivity index (χ0v) is 10.7. The summed E-state index contributed by atoms with van der Waals surface area (Å²) in [6.45, 7) is 2.27. The normalized spacial score (nSPS) is 24.4. The molecule has 0 spiro atoms. The van der Waals surface area contributed by atoms with Crippen molar-refractivity contribution in [2.24, 2.45) is 5.92 Å². The molecule has 0 radical (unpaired) electrons. The predicted octanol–water partition coefficient (Wildman–Crippen LogP) is 3.04. The summed E-state index contributed by atoms with van der Waals surface area (Å²) in [6, 6.07) is 3.66. The molecule has 1 aliphatic rings. The lowest BCUT2D eigenvalue weighted by Crippen LogP contribution is -2.37. The molecule has 0 aromatic carbocycles. The minimum absolute atomic E-state index is 0.0475. The van der Waals surface area contributed by atoms with E-state index in [0.717, 1.165) is 18.8 Å². The number of nitrogens with one attached hydrogen (secondary N) is 1. The predicted molar refractivity (Wildman–Crippen MR) is 68.1 cm³/mol. The topological polar surface area (TPSA) is 42.0 Å². The summed E-state index contributed by atoms with van der Waals surface area (Å²) < 4.78 is 0. The van der Waals surface area contributed by atoms with E-state index in [-0.39, 0.29) is 5.91 Å².